The summed E-state index contributed by atoms with van der Waals surface area (Å²) in [6.45, 7) is 10.3. The standard InChI is InChI=1S/C17H28N4S/c1-4-18-17(19-14-15(2)22-3)21-12-10-20(11-13-21)16-8-6-5-7-9-16/h5-9,15H,4,10-14H2,1-3H3,(H,18,19). The van der Waals surface area contributed by atoms with E-state index in [-0.39, 0.29) is 0 Å². The van der Waals surface area contributed by atoms with Gasteiger partial charge in [0.05, 0.1) is 6.54 Å². The van der Waals surface area contributed by atoms with Crippen LogP contribution in [0.2, 0.25) is 0 Å². The second-order valence-corrected chi connectivity index (χ2v) is 6.83. The summed E-state index contributed by atoms with van der Waals surface area (Å²) < 4.78 is 0. The van der Waals surface area contributed by atoms with Crippen molar-refractivity contribution in [1.82, 2.24) is 10.2 Å². The summed E-state index contributed by atoms with van der Waals surface area (Å²) >= 11 is 1.87. The third kappa shape index (κ3) is 4.83. The van der Waals surface area contributed by atoms with E-state index in [1.165, 1.54) is 5.69 Å². The highest BCUT2D eigenvalue weighted by Gasteiger charge is 2.19. The molecule has 1 heterocycles. The van der Waals surface area contributed by atoms with E-state index in [9.17, 15) is 0 Å². The molecular weight excluding hydrogens is 292 g/mol. The van der Waals surface area contributed by atoms with Gasteiger partial charge in [0, 0.05) is 43.7 Å². The fourth-order valence-electron chi connectivity index (χ4n) is 2.53. The van der Waals surface area contributed by atoms with Crippen LogP contribution in [0.3, 0.4) is 0 Å². The number of thioether (sulfide) groups is 1. The third-order valence-corrected chi connectivity index (χ3v) is 4.89. The van der Waals surface area contributed by atoms with Crippen LogP contribution in [0.25, 0.3) is 0 Å². The van der Waals surface area contributed by atoms with Crippen molar-refractivity contribution in [3.8, 4) is 0 Å². The van der Waals surface area contributed by atoms with E-state index in [0.717, 1.165) is 45.2 Å². The molecule has 1 aliphatic heterocycles. The first-order valence-electron chi connectivity index (χ1n) is 8.10. The number of hydrogen-bond donors (Lipinski definition) is 1. The number of aliphatic imine (C=N–C) groups is 1. The van der Waals surface area contributed by atoms with Crippen LogP contribution in [0, 0.1) is 0 Å². The molecule has 5 heteroatoms. The SMILES string of the molecule is CCNC(=NCC(C)SC)N1CCN(c2ccccc2)CC1. The van der Waals surface area contributed by atoms with Gasteiger partial charge in [0.1, 0.15) is 0 Å². The first kappa shape index (κ1) is 17.0. The Balaban J connectivity index is 1.92. The Morgan fingerprint density at radius 2 is 1.91 bits per heavy atom. The molecule has 122 valence electrons. The van der Waals surface area contributed by atoms with Crippen molar-refractivity contribution < 1.29 is 0 Å². The number of rotatable bonds is 5. The van der Waals surface area contributed by atoms with Gasteiger partial charge in [-0.25, -0.2) is 0 Å². The Morgan fingerprint density at radius 1 is 1.23 bits per heavy atom. The van der Waals surface area contributed by atoms with Crippen molar-refractivity contribution in [2.45, 2.75) is 19.1 Å². The van der Waals surface area contributed by atoms with E-state index in [4.69, 9.17) is 4.99 Å². The van der Waals surface area contributed by atoms with Gasteiger partial charge < -0.3 is 15.1 Å². The smallest absolute Gasteiger partial charge is 0.194 e. The molecule has 1 aromatic rings. The molecule has 1 fully saturated rings. The molecule has 1 unspecified atom stereocenters. The molecule has 1 aliphatic rings. The average molecular weight is 321 g/mol. The summed E-state index contributed by atoms with van der Waals surface area (Å²) in [5.74, 6) is 1.07. The van der Waals surface area contributed by atoms with Crippen LogP contribution in [-0.2, 0) is 0 Å². The highest BCUT2D eigenvalue weighted by molar-refractivity contribution is 7.99. The molecule has 22 heavy (non-hydrogen) atoms. The van der Waals surface area contributed by atoms with Gasteiger partial charge in [0.2, 0.25) is 0 Å². The van der Waals surface area contributed by atoms with E-state index < -0.39 is 0 Å². The highest BCUT2D eigenvalue weighted by atomic mass is 32.2. The normalized spacial score (nSPS) is 17.5. The van der Waals surface area contributed by atoms with Gasteiger partial charge >= 0.3 is 0 Å². The van der Waals surface area contributed by atoms with E-state index in [1.807, 2.05) is 11.8 Å². The minimum absolute atomic E-state index is 0.569. The maximum absolute atomic E-state index is 4.80. The molecule has 1 atom stereocenters. The minimum Gasteiger partial charge on any atom is -0.368 e. The van der Waals surface area contributed by atoms with Gasteiger partial charge in [-0.3, -0.25) is 4.99 Å². The Hall–Kier alpha value is -1.36. The topological polar surface area (TPSA) is 30.9 Å². The third-order valence-electron chi connectivity index (χ3n) is 3.94. The van der Waals surface area contributed by atoms with Crippen LogP contribution < -0.4 is 10.2 Å². The van der Waals surface area contributed by atoms with E-state index in [2.05, 4.69) is 65.6 Å². The maximum atomic E-state index is 4.80. The lowest BCUT2D eigenvalue weighted by Gasteiger charge is -2.37. The summed E-state index contributed by atoms with van der Waals surface area (Å²) in [7, 11) is 0. The zero-order chi connectivity index (χ0) is 15.8. The van der Waals surface area contributed by atoms with Crippen molar-refractivity contribution in [2.24, 2.45) is 4.99 Å². The Bertz CT molecular complexity index is 455. The van der Waals surface area contributed by atoms with Gasteiger partial charge in [-0.15, -0.1) is 0 Å². The van der Waals surface area contributed by atoms with Crippen molar-refractivity contribution in [2.75, 3.05) is 50.4 Å². The summed E-state index contributed by atoms with van der Waals surface area (Å²) in [6, 6.07) is 10.7. The second-order valence-electron chi connectivity index (χ2n) is 5.55. The first-order chi connectivity index (χ1) is 10.7. The van der Waals surface area contributed by atoms with Gasteiger partial charge in [0.25, 0.3) is 0 Å². The lowest BCUT2D eigenvalue weighted by Crippen LogP contribution is -2.52. The molecule has 0 aromatic heterocycles. The summed E-state index contributed by atoms with van der Waals surface area (Å²) in [4.78, 5) is 9.63. The minimum atomic E-state index is 0.569. The van der Waals surface area contributed by atoms with Crippen LogP contribution in [0.15, 0.2) is 35.3 Å². The zero-order valence-electron chi connectivity index (χ0n) is 14.0. The van der Waals surface area contributed by atoms with Crippen molar-refractivity contribution in [3.05, 3.63) is 30.3 Å². The number of nitrogens with zero attached hydrogens (tertiary/aromatic N) is 3. The molecule has 0 radical (unpaired) electrons. The molecule has 2 rings (SSSR count). The fraction of sp³-hybridized carbons (Fsp3) is 0.588. The number of guanidine groups is 1. The maximum Gasteiger partial charge on any atom is 0.194 e. The predicted molar refractivity (Wildman–Crippen MR) is 99.2 cm³/mol. The van der Waals surface area contributed by atoms with Crippen molar-refractivity contribution in [1.29, 1.82) is 0 Å². The average Bonchev–Trinajstić information content (AvgIpc) is 2.59. The summed E-state index contributed by atoms with van der Waals surface area (Å²) in [5, 5.41) is 4.00. The highest BCUT2D eigenvalue weighted by Crippen LogP contribution is 2.15. The van der Waals surface area contributed by atoms with Crippen LogP contribution in [0.5, 0.6) is 0 Å². The lowest BCUT2D eigenvalue weighted by molar-refractivity contribution is 0.372. The van der Waals surface area contributed by atoms with E-state index >= 15 is 0 Å². The van der Waals surface area contributed by atoms with E-state index in [1.54, 1.807) is 0 Å². The molecule has 0 amide bonds. The van der Waals surface area contributed by atoms with Crippen LogP contribution in [-0.4, -0.2) is 61.6 Å². The lowest BCUT2D eigenvalue weighted by atomic mass is 10.2. The molecule has 0 aliphatic carbocycles. The quantitative estimate of drug-likeness (QED) is 0.667. The Morgan fingerprint density at radius 3 is 2.50 bits per heavy atom. The van der Waals surface area contributed by atoms with Gasteiger partial charge in [0.15, 0.2) is 5.96 Å². The number of para-hydroxylation sites is 1. The van der Waals surface area contributed by atoms with E-state index in [0.29, 0.717) is 5.25 Å². The predicted octanol–water partition coefficient (Wildman–Crippen LogP) is 2.53. The fourth-order valence-corrected chi connectivity index (χ4v) is 2.75. The zero-order valence-corrected chi connectivity index (χ0v) is 14.8. The van der Waals surface area contributed by atoms with Crippen LogP contribution in [0.1, 0.15) is 13.8 Å². The number of anilines is 1. The largest absolute Gasteiger partial charge is 0.368 e. The number of benzene rings is 1. The van der Waals surface area contributed by atoms with Crippen molar-refractivity contribution in [3.63, 3.8) is 0 Å². The molecule has 0 spiro atoms. The molecular formula is C17H28N4S. The Kier molecular flexibility index (Phi) is 6.90. The molecule has 4 nitrogen and oxygen atoms in total. The first-order valence-corrected chi connectivity index (χ1v) is 9.39. The number of piperazine rings is 1. The molecule has 1 N–H and O–H groups in total. The van der Waals surface area contributed by atoms with Gasteiger partial charge in [-0.05, 0) is 25.3 Å². The van der Waals surface area contributed by atoms with Crippen LogP contribution >= 0.6 is 11.8 Å². The van der Waals surface area contributed by atoms with Gasteiger partial charge in [-0.1, -0.05) is 25.1 Å². The Labute approximate surface area is 139 Å². The van der Waals surface area contributed by atoms with Gasteiger partial charge in [-0.2, -0.15) is 11.8 Å². The number of hydrogen-bond acceptors (Lipinski definition) is 3. The molecule has 0 saturated carbocycles. The van der Waals surface area contributed by atoms with Crippen molar-refractivity contribution >= 4 is 23.4 Å². The monoisotopic (exact) mass is 320 g/mol. The summed E-state index contributed by atoms with van der Waals surface area (Å²) in [6.07, 6.45) is 2.14. The number of nitrogens with one attached hydrogen (secondary N) is 1. The molecule has 0 bridgehead atoms. The molecule has 1 saturated heterocycles. The second kappa shape index (κ2) is 8.93. The molecule has 1 aromatic carbocycles. The van der Waals surface area contributed by atoms with Crippen LogP contribution in [0.4, 0.5) is 5.69 Å². The summed E-state index contributed by atoms with van der Waals surface area (Å²) in [5.41, 5.74) is 1.32.